The molecule has 0 fully saturated rings. The summed E-state index contributed by atoms with van der Waals surface area (Å²) >= 11 is 0. The van der Waals surface area contributed by atoms with Gasteiger partial charge in [-0.2, -0.15) is 8.42 Å². The lowest BCUT2D eigenvalue weighted by Gasteiger charge is -1.68. The number of hydrogen-bond acceptors (Lipinski definition) is 3. The van der Waals surface area contributed by atoms with Crippen LogP contribution < -0.4 is 0 Å². The van der Waals surface area contributed by atoms with Gasteiger partial charge in [0.05, 0.1) is 0 Å². The summed E-state index contributed by atoms with van der Waals surface area (Å²) < 4.78 is 31.6. The van der Waals surface area contributed by atoms with Gasteiger partial charge in [-0.05, 0) is 0 Å². The molecule has 0 saturated carbocycles. The Morgan fingerprint density at radius 1 is 1.30 bits per heavy atom. The van der Waals surface area contributed by atoms with E-state index in [2.05, 4.69) is 0 Å². The van der Waals surface area contributed by atoms with Gasteiger partial charge in [0.15, 0.2) is 0 Å². The number of rotatable bonds is 0. The average molecular weight is 176 g/mol. The Morgan fingerprint density at radius 3 is 1.30 bits per heavy atom. The first-order valence-electron chi connectivity index (χ1n) is 1.63. The normalized spacial score (nSPS) is 8.30. The molecule has 0 aliphatic heterocycles. The molecule has 0 aliphatic rings. The third kappa shape index (κ3) is 591. The van der Waals surface area contributed by atoms with Crippen LogP contribution in [0.3, 0.4) is 0 Å². The zero-order chi connectivity index (χ0) is 8.08. The van der Waals surface area contributed by atoms with E-state index in [0.717, 1.165) is 6.92 Å². The molecule has 0 amide bonds. The average Bonchev–Trinajstić information content (AvgIpc) is 1.19. The van der Waals surface area contributed by atoms with Crippen molar-refractivity contribution in [2.75, 3.05) is 0 Å². The fourth-order valence-electron chi connectivity index (χ4n) is 0. The molecular weight excluding hydrogens is 168 g/mol. The van der Waals surface area contributed by atoms with Crippen molar-refractivity contribution in [3.63, 3.8) is 0 Å². The summed E-state index contributed by atoms with van der Waals surface area (Å²) in [5.41, 5.74) is 0. The predicted octanol–water partition coefficient (Wildman–Crippen LogP) is -1.39. The second-order valence-corrected chi connectivity index (χ2v) is 1.86. The number of carboxylic acids is 1. The number of carboxylic acid groups (broad SMARTS) is 1. The van der Waals surface area contributed by atoms with Gasteiger partial charge >= 0.3 is 10.4 Å². The molecule has 0 heterocycles. The Bertz CT molecular complexity index is 154. The van der Waals surface area contributed by atoms with Crippen molar-refractivity contribution in [2.45, 2.75) is 6.92 Å². The molecule has 0 unspecified atom stereocenters. The first kappa shape index (κ1) is 16.1. The number of carbonyl (C=O) groups is 1. The van der Waals surface area contributed by atoms with Crippen molar-refractivity contribution in [2.24, 2.45) is 0 Å². The van der Waals surface area contributed by atoms with Crippen LogP contribution >= 0.6 is 0 Å². The minimum absolute atomic E-state index is 0. The molecule has 0 rings (SSSR count). The van der Waals surface area contributed by atoms with Crippen molar-refractivity contribution in [1.82, 2.24) is 0 Å². The van der Waals surface area contributed by atoms with Gasteiger partial charge < -0.3 is 10.6 Å². The van der Waals surface area contributed by atoms with Crippen LogP contribution in [0, 0.1) is 0 Å². The first-order chi connectivity index (χ1) is 3.73. The summed E-state index contributed by atoms with van der Waals surface area (Å²) in [6, 6.07) is 0. The van der Waals surface area contributed by atoms with Gasteiger partial charge in [0, 0.05) is 6.92 Å². The van der Waals surface area contributed by atoms with Gasteiger partial charge in [-0.15, -0.1) is 0 Å². The van der Waals surface area contributed by atoms with E-state index in [1.54, 1.807) is 0 Å². The van der Waals surface area contributed by atoms with Gasteiger partial charge in [0.1, 0.15) is 0 Å². The van der Waals surface area contributed by atoms with Gasteiger partial charge in [0.2, 0.25) is 0 Å². The van der Waals surface area contributed by atoms with Gasteiger partial charge in [-0.1, -0.05) is 0 Å². The van der Waals surface area contributed by atoms with Crippen LogP contribution in [0.15, 0.2) is 0 Å². The molecule has 0 aliphatic carbocycles. The van der Waals surface area contributed by atoms with Crippen LogP contribution in [-0.2, 0) is 15.2 Å². The highest BCUT2D eigenvalue weighted by molar-refractivity contribution is 7.79. The molecule has 0 aromatic heterocycles. The lowest BCUT2D eigenvalue weighted by Crippen LogP contribution is -1.89. The van der Waals surface area contributed by atoms with Crippen LogP contribution in [-0.4, -0.2) is 34.1 Å². The van der Waals surface area contributed by atoms with Crippen molar-refractivity contribution in [1.29, 1.82) is 0 Å². The molecule has 8 heteroatoms. The Balaban J connectivity index is -0.0000000910. The van der Waals surface area contributed by atoms with Gasteiger partial charge in [-0.3, -0.25) is 13.9 Å². The number of hydrogen-bond donors (Lipinski definition) is 3. The van der Waals surface area contributed by atoms with E-state index >= 15 is 0 Å². The van der Waals surface area contributed by atoms with Crippen molar-refractivity contribution < 1.29 is 32.9 Å². The van der Waals surface area contributed by atoms with Gasteiger partial charge in [0.25, 0.3) is 5.97 Å². The summed E-state index contributed by atoms with van der Waals surface area (Å²) in [5, 5.41) is 7.42. The Labute approximate surface area is 57.2 Å². The highest BCUT2D eigenvalue weighted by Crippen LogP contribution is 1.59. The van der Waals surface area contributed by atoms with E-state index in [4.69, 9.17) is 27.4 Å². The molecular formula is C2H8O7S. The van der Waals surface area contributed by atoms with Crippen LogP contribution in [0.25, 0.3) is 0 Å². The van der Waals surface area contributed by atoms with E-state index in [1.807, 2.05) is 0 Å². The summed E-state index contributed by atoms with van der Waals surface area (Å²) in [5.74, 6) is -0.833. The molecule has 0 aromatic rings. The molecule has 0 saturated heterocycles. The zero-order valence-corrected chi connectivity index (χ0v) is 5.79. The predicted molar refractivity (Wildman–Crippen MR) is 31.1 cm³/mol. The summed E-state index contributed by atoms with van der Waals surface area (Å²) in [6.07, 6.45) is 0. The third-order valence-corrected chi connectivity index (χ3v) is 0. The molecule has 64 valence electrons. The van der Waals surface area contributed by atoms with Gasteiger partial charge in [-0.25, -0.2) is 0 Å². The van der Waals surface area contributed by atoms with E-state index in [1.165, 1.54) is 0 Å². The Kier molecular flexibility index (Phi) is 10.4. The fourth-order valence-corrected chi connectivity index (χ4v) is 0. The highest BCUT2D eigenvalue weighted by Gasteiger charge is 1.84. The summed E-state index contributed by atoms with van der Waals surface area (Å²) in [4.78, 5) is 9.00. The molecule has 0 bridgehead atoms. The largest absolute Gasteiger partial charge is 0.481 e. The second-order valence-electron chi connectivity index (χ2n) is 0.967. The maximum atomic E-state index is 9.00. The molecule has 0 radical (unpaired) electrons. The standard InChI is InChI=1S/C2H4O2.H2O4S.H2O/c1-2(3)4;1-5(2,3)4;/h1H3,(H,3,4);(H2,1,2,3,4);1H2. The lowest BCUT2D eigenvalue weighted by atomic mass is 10.9. The van der Waals surface area contributed by atoms with Crippen LogP contribution in [0.2, 0.25) is 0 Å². The van der Waals surface area contributed by atoms with Crippen LogP contribution in [0.5, 0.6) is 0 Å². The molecule has 10 heavy (non-hydrogen) atoms. The Morgan fingerprint density at radius 2 is 1.30 bits per heavy atom. The smallest absolute Gasteiger partial charge is 0.394 e. The molecule has 0 spiro atoms. The quantitative estimate of drug-likeness (QED) is 0.388. The second kappa shape index (κ2) is 6.42. The third-order valence-electron chi connectivity index (χ3n) is 0. The first-order valence-corrected chi connectivity index (χ1v) is 3.02. The van der Waals surface area contributed by atoms with E-state index in [0.29, 0.717) is 0 Å². The fraction of sp³-hybridized carbons (Fsp3) is 0.500. The minimum atomic E-state index is -4.67. The zero-order valence-electron chi connectivity index (χ0n) is 4.97. The number of aliphatic carboxylic acids is 1. The SMILES string of the molecule is CC(=O)O.O.O=S(=O)(O)O. The maximum absolute atomic E-state index is 9.00. The van der Waals surface area contributed by atoms with Crippen LogP contribution in [0.1, 0.15) is 6.92 Å². The van der Waals surface area contributed by atoms with Crippen molar-refractivity contribution in [3.8, 4) is 0 Å². The maximum Gasteiger partial charge on any atom is 0.394 e. The molecule has 7 nitrogen and oxygen atoms in total. The van der Waals surface area contributed by atoms with E-state index in [9.17, 15) is 0 Å². The monoisotopic (exact) mass is 176 g/mol. The van der Waals surface area contributed by atoms with Crippen molar-refractivity contribution in [3.05, 3.63) is 0 Å². The summed E-state index contributed by atoms with van der Waals surface area (Å²) in [7, 11) is -4.67. The minimum Gasteiger partial charge on any atom is -0.481 e. The highest BCUT2D eigenvalue weighted by atomic mass is 32.3. The van der Waals surface area contributed by atoms with E-state index < -0.39 is 16.4 Å². The van der Waals surface area contributed by atoms with E-state index in [-0.39, 0.29) is 5.48 Å². The lowest BCUT2D eigenvalue weighted by molar-refractivity contribution is -0.134. The topological polar surface area (TPSA) is 143 Å². The van der Waals surface area contributed by atoms with Crippen LogP contribution in [0.4, 0.5) is 0 Å². The summed E-state index contributed by atoms with van der Waals surface area (Å²) in [6.45, 7) is 1.08. The van der Waals surface area contributed by atoms with Crippen molar-refractivity contribution >= 4 is 16.4 Å². The molecule has 0 aromatic carbocycles. The molecule has 5 N–H and O–H groups in total. The molecule has 0 atom stereocenters. The Hall–Kier alpha value is -0.700.